The van der Waals surface area contributed by atoms with E-state index in [0.29, 0.717) is 11.0 Å². The van der Waals surface area contributed by atoms with Crippen molar-refractivity contribution in [3.8, 4) is 0 Å². The first-order valence-electron chi connectivity index (χ1n) is 6.24. The molecule has 0 saturated carbocycles. The smallest absolute Gasteiger partial charge is 0.267 e. The summed E-state index contributed by atoms with van der Waals surface area (Å²) in [5.41, 5.74) is 12.2. The van der Waals surface area contributed by atoms with Crippen LogP contribution >= 0.6 is 15.9 Å². The van der Waals surface area contributed by atoms with Crippen LogP contribution < -0.4 is 16.2 Å². The van der Waals surface area contributed by atoms with E-state index in [1.54, 1.807) is 18.2 Å². The van der Waals surface area contributed by atoms with E-state index in [0.717, 1.165) is 5.56 Å². The molecular formula is C14H14BrN3O3S. The number of amides is 1. The van der Waals surface area contributed by atoms with E-state index in [-0.39, 0.29) is 16.1 Å². The van der Waals surface area contributed by atoms with Crippen LogP contribution in [0.2, 0.25) is 0 Å². The molecule has 8 heteroatoms. The second-order valence-corrected chi connectivity index (χ2v) is 7.11. The zero-order valence-electron chi connectivity index (χ0n) is 11.4. The molecule has 2 aromatic rings. The van der Waals surface area contributed by atoms with Gasteiger partial charge in [-0.2, -0.15) is 0 Å². The number of hydrogen-bond acceptors (Lipinski definition) is 5. The number of carbonyl (C=O) groups is 1. The van der Waals surface area contributed by atoms with Crippen LogP contribution in [0.5, 0.6) is 0 Å². The SMILES string of the molecule is NCc1ccc(S(=O)(=O)NC(=O)c2cc(Br)ccc2N)cc1. The molecule has 5 N–H and O–H groups in total. The van der Waals surface area contributed by atoms with E-state index >= 15 is 0 Å². The van der Waals surface area contributed by atoms with Crippen LogP contribution in [-0.4, -0.2) is 14.3 Å². The third-order valence-electron chi connectivity index (χ3n) is 2.96. The highest BCUT2D eigenvalue weighted by Crippen LogP contribution is 2.19. The molecule has 2 aromatic carbocycles. The van der Waals surface area contributed by atoms with E-state index in [2.05, 4.69) is 15.9 Å². The Hall–Kier alpha value is -1.90. The van der Waals surface area contributed by atoms with Gasteiger partial charge in [-0.3, -0.25) is 4.79 Å². The molecule has 0 spiro atoms. The van der Waals surface area contributed by atoms with Gasteiger partial charge in [-0.15, -0.1) is 0 Å². The maximum absolute atomic E-state index is 12.2. The van der Waals surface area contributed by atoms with Crippen LogP contribution in [0.25, 0.3) is 0 Å². The fourth-order valence-electron chi connectivity index (χ4n) is 1.77. The predicted octanol–water partition coefficient (Wildman–Crippen LogP) is 1.61. The summed E-state index contributed by atoms with van der Waals surface area (Å²) in [5.74, 6) is -0.790. The highest BCUT2D eigenvalue weighted by Gasteiger charge is 2.20. The van der Waals surface area contributed by atoms with Gasteiger partial charge < -0.3 is 11.5 Å². The van der Waals surface area contributed by atoms with E-state index < -0.39 is 15.9 Å². The molecule has 0 radical (unpaired) electrons. The molecule has 0 aromatic heterocycles. The third-order valence-corrected chi connectivity index (χ3v) is 4.80. The number of benzene rings is 2. The van der Waals surface area contributed by atoms with Gasteiger partial charge >= 0.3 is 0 Å². The number of sulfonamides is 1. The zero-order valence-corrected chi connectivity index (χ0v) is 13.8. The van der Waals surface area contributed by atoms with E-state index in [9.17, 15) is 13.2 Å². The minimum Gasteiger partial charge on any atom is -0.398 e. The van der Waals surface area contributed by atoms with Gasteiger partial charge in [-0.05, 0) is 35.9 Å². The van der Waals surface area contributed by atoms with Crippen LogP contribution in [0.4, 0.5) is 5.69 Å². The molecule has 2 rings (SSSR count). The number of halogens is 1. The van der Waals surface area contributed by atoms with Gasteiger partial charge in [-0.1, -0.05) is 28.1 Å². The summed E-state index contributed by atoms with van der Waals surface area (Å²) in [6, 6.07) is 10.6. The van der Waals surface area contributed by atoms with Crippen molar-refractivity contribution in [1.29, 1.82) is 0 Å². The van der Waals surface area contributed by atoms with Crippen molar-refractivity contribution in [2.45, 2.75) is 11.4 Å². The summed E-state index contributed by atoms with van der Waals surface area (Å²) in [7, 11) is -3.97. The van der Waals surface area contributed by atoms with Gasteiger partial charge in [0.1, 0.15) is 0 Å². The van der Waals surface area contributed by atoms with Crippen molar-refractivity contribution in [2.75, 3.05) is 5.73 Å². The molecule has 0 bridgehead atoms. The minimum absolute atomic E-state index is 0.0216. The first-order chi connectivity index (χ1) is 10.3. The highest BCUT2D eigenvalue weighted by atomic mass is 79.9. The van der Waals surface area contributed by atoms with Gasteiger partial charge in [0.15, 0.2) is 0 Å². The molecule has 0 aliphatic rings. The fraction of sp³-hybridized carbons (Fsp3) is 0.0714. The molecule has 0 atom stereocenters. The Morgan fingerprint density at radius 3 is 2.36 bits per heavy atom. The average Bonchev–Trinajstić information content (AvgIpc) is 2.49. The van der Waals surface area contributed by atoms with Gasteiger partial charge in [0.05, 0.1) is 10.5 Å². The Kier molecular flexibility index (Phi) is 4.84. The summed E-state index contributed by atoms with van der Waals surface area (Å²) in [4.78, 5) is 12.1. The van der Waals surface area contributed by atoms with Crippen molar-refractivity contribution in [2.24, 2.45) is 5.73 Å². The molecule has 0 aliphatic carbocycles. The number of nitrogens with two attached hydrogens (primary N) is 2. The highest BCUT2D eigenvalue weighted by molar-refractivity contribution is 9.10. The normalized spacial score (nSPS) is 11.2. The summed E-state index contributed by atoms with van der Waals surface area (Å²) >= 11 is 3.21. The Morgan fingerprint density at radius 1 is 1.14 bits per heavy atom. The van der Waals surface area contributed by atoms with E-state index in [1.165, 1.54) is 24.3 Å². The summed E-state index contributed by atoms with van der Waals surface area (Å²) in [6.07, 6.45) is 0. The Bertz CT molecular complexity index is 805. The topological polar surface area (TPSA) is 115 Å². The summed E-state index contributed by atoms with van der Waals surface area (Å²) in [6.45, 7) is 0.307. The van der Waals surface area contributed by atoms with Crippen molar-refractivity contribution in [3.05, 3.63) is 58.1 Å². The first-order valence-corrected chi connectivity index (χ1v) is 8.52. The maximum atomic E-state index is 12.2. The number of hydrogen-bond donors (Lipinski definition) is 3. The van der Waals surface area contributed by atoms with Crippen LogP contribution in [-0.2, 0) is 16.6 Å². The zero-order chi connectivity index (χ0) is 16.3. The molecule has 0 unspecified atom stereocenters. The molecule has 0 fully saturated rings. The van der Waals surface area contributed by atoms with Crippen LogP contribution in [0, 0.1) is 0 Å². The molecule has 0 saturated heterocycles. The summed E-state index contributed by atoms with van der Waals surface area (Å²) in [5, 5.41) is 0. The lowest BCUT2D eigenvalue weighted by Crippen LogP contribution is -2.31. The quantitative estimate of drug-likeness (QED) is 0.693. The molecule has 0 heterocycles. The second-order valence-electron chi connectivity index (χ2n) is 4.51. The molecule has 116 valence electrons. The Balaban J connectivity index is 2.27. The molecule has 0 aliphatic heterocycles. The van der Waals surface area contributed by atoms with Crippen LogP contribution in [0.1, 0.15) is 15.9 Å². The van der Waals surface area contributed by atoms with E-state index in [1.807, 2.05) is 4.72 Å². The number of carbonyl (C=O) groups excluding carboxylic acids is 1. The maximum Gasteiger partial charge on any atom is 0.267 e. The van der Waals surface area contributed by atoms with Gasteiger partial charge in [-0.25, -0.2) is 13.1 Å². The lowest BCUT2D eigenvalue weighted by Gasteiger charge is -2.09. The number of anilines is 1. The minimum atomic E-state index is -3.97. The van der Waals surface area contributed by atoms with Crippen molar-refractivity contribution >= 4 is 37.5 Å². The number of nitrogens with one attached hydrogen (secondary N) is 1. The molecular weight excluding hydrogens is 370 g/mol. The largest absolute Gasteiger partial charge is 0.398 e. The fourth-order valence-corrected chi connectivity index (χ4v) is 3.09. The van der Waals surface area contributed by atoms with E-state index in [4.69, 9.17) is 11.5 Å². The number of nitrogen functional groups attached to an aromatic ring is 1. The second kappa shape index (κ2) is 6.47. The van der Waals surface area contributed by atoms with Gasteiger partial charge in [0.25, 0.3) is 15.9 Å². The van der Waals surface area contributed by atoms with Crippen molar-refractivity contribution < 1.29 is 13.2 Å². The first kappa shape index (κ1) is 16.5. The Labute approximate surface area is 136 Å². The standard InChI is InChI=1S/C14H14BrN3O3S/c15-10-3-6-13(17)12(7-10)14(19)18-22(20,21)11-4-1-9(8-16)2-5-11/h1-7H,8,16-17H2,(H,18,19). The summed E-state index contributed by atoms with van der Waals surface area (Å²) < 4.78 is 27.0. The van der Waals surface area contributed by atoms with Crippen molar-refractivity contribution in [1.82, 2.24) is 4.72 Å². The average molecular weight is 384 g/mol. The molecule has 1 amide bonds. The molecule has 22 heavy (non-hydrogen) atoms. The Morgan fingerprint density at radius 2 is 1.77 bits per heavy atom. The third kappa shape index (κ3) is 3.65. The lowest BCUT2D eigenvalue weighted by molar-refractivity contribution is 0.0982. The van der Waals surface area contributed by atoms with Crippen LogP contribution in [0.15, 0.2) is 51.8 Å². The molecule has 6 nitrogen and oxygen atoms in total. The lowest BCUT2D eigenvalue weighted by atomic mass is 10.2. The van der Waals surface area contributed by atoms with Crippen molar-refractivity contribution in [3.63, 3.8) is 0 Å². The monoisotopic (exact) mass is 383 g/mol. The number of rotatable bonds is 4. The van der Waals surface area contributed by atoms with Gasteiger partial charge in [0, 0.05) is 16.7 Å². The van der Waals surface area contributed by atoms with Crippen LogP contribution in [0.3, 0.4) is 0 Å². The predicted molar refractivity (Wildman–Crippen MR) is 87.5 cm³/mol. The van der Waals surface area contributed by atoms with Gasteiger partial charge in [0.2, 0.25) is 0 Å².